The smallest absolute Gasteiger partial charge is 0.223 e. The van der Waals surface area contributed by atoms with Crippen LogP contribution in [0.1, 0.15) is 56.9 Å². The fraction of sp³-hybridized carbons (Fsp3) is 0.682. The van der Waals surface area contributed by atoms with Crippen molar-refractivity contribution in [3.8, 4) is 0 Å². The molecule has 3 atom stereocenters. The summed E-state index contributed by atoms with van der Waals surface area (Å²) in [5.74, 6) is 0.175. The number of hydrogen-bond acceptors (Lipinski definition) is 5. The first-order valence-electron chi connectivity index (χ1n) is 11.0. The molecular weight excluding hydrogens is 404 g/mol. The molecule has 0 unspecified atom stereocenters. The minimum absolute atomic E-state index is 0.0938. The van der Waals surface area contributed by atoms with E-state index in [1.165, 1.54) is 6.42 Å². The molecule has 3 rings (SSSR count). The SMILES string of the molecule is O=C(NCC[C@H]1CC[C@@H](NS(=O)(=O)Cc2ccccc2)[C@@H](CO)O1)C1CCCCC1. The van der Waals surface area contributed by atoms with Crippen molar-refractivity contribution in [2.45, 2.75) is 75.4 Å². The van der Waals surface area contributed by atoms with Crippen molar-refractivity contribution in [1.82, 2.24) is 10.0 Å². The number of carbonyl (C=O) groups is 1. The van der Waals surface area contributed by atoms with Crippen LogP contribution >= 0.6 is 0 Å². The number of rotatable bonds is 9. The number of nitrogens with one attached hydrogen (secondary N) is 2. The molecule has 2 fully saturated rings. The highest BCUT2D eigenvalue weighted by Crippen LogP contribution is 2.25. The van der Waals surface area contributed by atoms with Gasteiger partial charge in [-0.05, 0) is 37.7 Å². The molecule has 0 radical (unpaired) electrons. The summed E-state index contributed by atoms with van der Waals surface area (Å²) in [5.41, 5.74) is 0.717. The van der Waals surface area contributed by atoms with Crippen LogP contribution in [0.25, 0.3) is 0 Å². The predicted octanol–water partition coefficient (Wildman–Crippen LogP) is 2.10. The molecule has 2 aliphatic rings. The number of amides is 1. The highest BCUT2D eigenvalue weighted by Gasteiger charge is 2.33. The molecule has 1 aliphatic heterocycles. The zero-order chi connectivity index (χ0) is 21.4. The molecule has 0 bridgehead atoms. The van der Waals surface area contributed by atoms with Crippen LogP contribution in [0.15, 0.2) is 30.3 Å². The average Bonchev–Trinajstić information content (AvgIpc) is 2.75. The normalized spacial score (nSPS) is 25.7. The summed E-state index contributed by atoms with van der Waals surface area (Å²) in [5, 5.41) is 12.7. The molecule has 1 heterocycles. The van der Waals surface area contributed by atoms with Gasteiger partial charge in [0.2, 0.25) is 15.9 Å². The van der Waals surface area contributed by atoms with Crippen LogP contribution in [0.3, 0.4) is 0 Å². The maximum atomic E-state index is 12.5. The third kappa shape index (κ3) is 7.04. The molecule has 1 saturated heterocycles. The van der Waals surface area contributed by atoms with Crippen LogP contribution < -0.4 is 10.0 Å². The van der Waals surface area contributed by atoms with Gasteiger partial charge in [-0.25, -0.2) is 13.1 Å². The number of benzene rings is 1. The number of hydrogen-bond donors (Lipinski definition) is 3. The Labute approximate surface area is 179 Å². The van der Waals surface area contributed by atoms with Gasteiger partial charge in [-0.3, -0.25) is 4.79 Å². The molecule has 1 amide bonds. The molecule has 1 aromatic carbocycles. The summed E-state index contributed by atoms with van der Waals surface area (Å²) in [6.07, 6.45) is 6.71. The Morgan fingerprint density at radius 3 is 2.50 bits per heavy atom. The van der Waals surface area contributed by atoms with E-state index in [2.05, 4.69) is 10.0 Å². The Morgan fingerprint density at radius 2 is 1.80 bits per heavy atom. The van der Waals surface area contributed by atoms with E-state index in [9.17, 15) is 18.3 Å². The van der Waals surface area contributed by atoms with Crippen molar-refractivity contribution in [1.29, 1.82) is 0 Å². The summed E-state index contributed by atoms with van der Waals surface area (Å²) in [6, 6.07) is 8.57. The molecule has 1 saturated carbocycles. The van der Waals surface area contributed by atoms with E-state index >= 15 is 0 Å². The van der Waals surface area contributed by atoms with Gasteiger partial charge in [0.05, 0.1) is 30.6 Å². The summed E-state index contributed by atoms with van der Waals surface area (Å²) in [6.45, 7) is 0.298. The van der Waals surface area contributed by atoms with Crippen molar-refractivity contribution in [3.05, 3.63) is 35.9 Å². The molecule has 0 aromatic heterocycles. The predicted molar refractivity (Wildman–Crippen MR) is 115 cm³/mol. The van der Waals surface area contributed by atoms with Gasteiger partial charge in [-0.1, -0.05) is 49.6 Å². The largest absolute Gasteiger partial charge is 0.394 e. The van der Waals surface area contributed by atoms with Crippen LogP contribution in [0.5, 0.6) is 0 Å². The van der Waals surface area contributed by atoms with E-state index in [0.29, 0.717) is 31.4 Å². The number of sulfonamides is 1. The number of aliphatic hydroxyl groups is 1. The summed E-state index contributed by atoms with van der Waals surface area (Å²) < 4.78 is 33.7. The van der Waals surface area contributed by atoms with Gasteiger partial charge < -0.3 is 15.2 Å². The van der Waals surface area contributed by atoms with E-state index in [-0.39, 0.29) is 30.3 Å². The topological polar surface area (TPSA) is 105 Å². The quantitative estimate of drug-likeness (QED) is 0.548. The van der Waals surface area contributed by atoms with Gasteiger partial charge in [0.25, 0.3) is 0 Å². The van der Waals surface area contributed by atoms with Gasteiger partial charge in [0, 0.05) is 12.5 Å². The lowest BCUT2D eigenvalue weighted by Gasteiger charge is -2.36. The molecule has 8 heteroatoms. The Kier molecular flexibility index (Phi) is 8.68. The molecule has 7 nitrogen and oxygen atoms in total. The number of aliphatic hydroxyl groups excluding tert-OH is 1. The van der Waals surface area contributed by atoms with Crippen molar-refractivity contribution >= 4 is 15.9 Å². The minimum atomic E-state index is -3.53. The van der Waals surface area contributed by atoms with Gasteiger partial charge in [0.15, 0.2) is 0 Å². The fourth-order valence-corrected chi connectivity index (χ4v) is 5.86. The Morgan fingerprint density at radius 1 is 1.07 bits per heavy atom. The second-order valence-electron chi connectivity index (χ2n) is 8.44. The maximum Gasteiger partial charge on any atom is 0.223 e. The molecule has 0 spiro atoms. The second-order valence-corrected chi connectivity index (χ2v) is 10.2. The number of ether oxygens (including phenoxy) is 1. The van der Waals surface area contributed by atoms with Crippen molar-refractivity contribution in [2.75, 3.05) is 13.2 Å². The summed E-state index contributed by atoms with van der Waals surface area (Å²) >= 11 is 0. The standard InChI is InChI=1S/C22H34N2O5S/c25-15-21-20(24-30(27,28)16-17-7-3-1-4-8-17)12-11-19(29-21)13-14-23-22(26)18-9-5-2-6-10-18/h1,3-4,7-8,18-21,24-25H,2,5-6,9-16H2,(H,23,26)/t19-,20-,21-/m1/s1. The van der Waals surface area contributed by atoms with Gasteiger partial charge in [-0.15, -0.1) is 0 Å². The third-order valence-electron chi connectivity index (χ3n) is 6.07. The lowest BCUT2D eigenvalue weighted by Crippen LogP contribution is -2.51. The average molecular weight is 439 g/mol. The summed E-state index contributed by atoms with van der Waals surface area (Å²) in [4.78, 5) is 12.3. The molecule has 3 N–H and O–H groups in total. The van der Waals surface area contributed by atoms with Gasteiger partial charge in [0.1, 0.15) is 0 Å². The third-order valence-corrected chi connectivity index (χ3v) is 7.44. The van der Waals surface area contributed by atoms with Gasteiger partial charge >= 0.3 is 0 Å². The first-order chi connectivity index (χ1) is 14.5. The fourth-order valence-electron chi connectivity index (χ4n) is 4.41. The first-order valence-corrected chi connectivity index (χ1v) is 12.7. The van der Waals surface area contributed by atoms with E-state index in [0.717, 1.165) is 25.7 Å². The maximum absolute atomic E-state index is 12.5. The minimum Gasteiger partial charge on any atom is -0.394 e. The lowest BCUT2D eigenvalue weighted by molar-refractivity contribution is -0.126. The van der Waals surface area contributed by atoms with Crippen LogP contribution in [0.2, 0.25) is 0 Å². The molecule has 30 heavy (non-hydrogen) atoms. The van der Waals surface area contributed by atoms with Crippen LogP contribution in [-0.2, 0) is 25.3 Å². The number of carbonyl (C=O) groups excluding carboxylic acids is 1. The van der Waals surface area contributed by atoms with Crippen molar-refractivity contribution in [2.24, 2.45) is 5.92 Å². The lowest BCUT2D eigenvalue weighted by atomic mass is 9.88. The Balaban J connectivity index is 1.43. The monoisotopic (exact) mass is 438 g/mol. The van der Waals surface area contributed by atoms with Crippen LogP contribution in [0.4, 0.5) is 0 Å². The highest BCUT2D eigenvalue weighted by molar-refractivity contribution is 7.88. The Bertz CT molecular complexity index is 765. The zero-order valence-electron chi connectivity index (χ0n) is 17.5. The summed E-state index contributed by atoms with van der Waals surface area (Å²) in [7, 11) is -3.53. The van der Waals surface area contributed by atoms with Crippen molar-refractivity contribution in [3.63, 3.8) is 0 Å². The Hall–Kier alpha value is -1.48. The first kappa shape index (κ1) is 23.2. The van der Waals surface area contributed by atoms with Gasteiger partial charge in [-0.2, -0.15) is 0 Å². The van der Waals surface area contributed by atoms with E-state index in [1.807, 2.05) is 18.2 Å². The molecule has 1 aromatic rings. The molecular formula is C22H34N2O5S. The van der Waals surface area contributed by atoms with E-state index in [1.54, 1.807) is 12.1 Å². The second kappa shape index (κ2) is 11.2. The molecule has 168 valence electrons. The van der Waals surface area contributed by atoms with Crippen LogP contribution in [-0.4, -0.2) is 50.8 Å². The van der Waals surface area contributed by atoms with E-state index < -0.39 is 22.2 Å². The van der Waals surface area contributed by atoms with Crippen LogP contribution in [0, 0.1) is 5.92 Å². The molecule has 1 aliphatic carbocycles. The highest BCUT2D eigenvalue weighted by atomic mass is 32.2. The zero-order valence-corrected chi connectivity index (χ0v) is 18.3. The van der Waals surface area contributed by atoms with Crippen molar-refractivity contribution < 1.29 is 23.1 Å². The van der Waals surface area contributed by atoms with E-state index in [4.69, 9.17) is 4.74 Å².